The maximum atomic E-state index is 12.5. The van der Waals surface area contributed by atoms with Crippen LogP contribution in [0.3, 0.4) is 0 Å². The number of amides is 1. The zero-order valence-electron chi connectivity index (χ0n) is 15.8. The lowest BCUT2D eigenvalue weighted by atomic mass is 10.2. The number of para-hydroxylation sites is 1. The minimum absolute atomic E-state index is 0.188. The van der Waals surface area contributed by atoms with Crippen molar-refractivity contribution in [3.05, 3.63) is 48.0 Å². The molecule has 2 heterocycles. The fourth-order valence-corrected chi connectivity index (χ4v) is 4.27. The van der Waals surface area contributed by atoms with Crippen LogP contribution in [0.4, 0.5) is 10.8 Å². The number of hydrogen-bond donors (Lipinski definition) is 2. The number of carbonyl (C=O) groups excluding carboxylic acids is 1. The minimum atomic E-state index is -0.337. The molecule has 150 valence electrons. The molecule has 2 N–H and O–H groups in total. The highest BCUT2D eigenvalue weighted by molar-refractivity contribution is 7.80. The van der Waals surface area contributed by atoms with Gasteiger partial charge in [-0.25, -0.2) is 4.98 Å². The van der Waals surface area contributed by atoms with Crippen LogP contribution in [0.2, 0.25) is 0 Å². The summed E-state index contributed by atoms with van der Waals surface area (Å²) in [5.41, 5.74) is 2.45. The number of anilines is 2. The van der Waals surface area contributed by atoms with E-state index in [-0.39, 0.29) is 11.0 Å². The zero-order chi connectivity index (χ0) is 20.2. The maximum absolute atomic E-state index is 12.5. The van der Waals surface area contributed by atoms with Gasteiger partial charge in [-0.2, -0.15) is 0 Å². The van der Waals surface area contributed by atoms with Gasteiger partial charge in [-0.1, -0.05) is 23.5 Å². The summed E-state index contributed by atoms with van der Waals surface area (Å²) in [6.45, 7) is 3.25. The van der Waals surface area contributed by atoms with E-state index in [9.17, 15) is 4.79 Å². The second-order valence-corrected chi connectivity index (χ2v) is 7.82. The molecule has 0 radical (unpaired) electrons. The number of aromatic nitrogens is 1. The Hall–Kier alpha value is -2.75. The van der Waals surface area contributed by atoms with Crippen LogP contribution in [0, 0.1) is 0 Å². The van der Waals surface area contributed by atoms with E-state index < -0.39 is 0 Å². The predicted molar refractivity (Wildman–Crippen MR) is 119 cm³/mol. The first kappa shape index (κ1) is 19.6. The average Bonchev–Trinajstić information content (AvgIpc) is 3.15. The first-order chi connectivity index (χ1) is 14.1. The van der Waals surface area contributed by atoms with Gasteiger partial charge in [-0.15, -0.1) is 0 Å². The summed E-state index contributed by atoms with van der Waals surface area (Å²) in [5, 5.41) is 6.49. The topological polar surface area (TPSA) is 75.7 Å². The van der Waals surface area contributed by atoms with Crippen LogP contribution >= 0.6 is 23.6 Å². The Kier molecular flexibility index (Phi) is 5.89. The monoisotopic (exact) mass is 428 g/mol. The first-order valence-corrected chi connectivity index (χ1v) is 10.3. The number of carbonyl (C=O) groups is 1. The summed E-state index contributed by atoms with van der Waals surface area (Å²) in [6, 6.07) is 13.2. The van der Waals surface area contributed by atoms with E-state index >= 15 is 0 Å². The van der Waals surface area contributed by atoms with Crippen LogP contribution in [-0.2, 0) is 4.74 Å². The maximum Gasteiger partial charge on any atom is 0.261 e. The van der Waals surface area contributed by atoms with E-state index in [0.29, 0.717) is 16.4 Å². The Morgan fingerprint density at radius 3 is 2.83 bits per heavy atom. The normalized spacial score (nSPS) is 13.9. The van der Waals surface area contributed by atoms with Gasteiger partial charge in [-0.05, 0) is 42.5 Å². The molecule has 1 aliphatic heterocycles. The number of rotatable bonds is 4. The lowest BCUT2D eigenvalue weighted by molar-refractivity contribution is 0.0974. The zero-order valence-corrected chi connectivity index (χ0v) is 17.4. The number of methoxy groups -OCH3 is 1. The molecule has 0 spiro atoms. The van der Waals surface area contributed by atoms with Crippen molar-refractivity contribution in [2.24, 2.45) is 0 Å². The summed E-state index contributed by atoms with van der Waals surface area (Å²) in [7, 11) is 1.52. The Bertz CT molecular complexity index is 1050. The number of hydrogen-bond acceptors (Lipinski definition) is 7. The highest BCUT2D eigenvalue weighted by Gasteiger charge is 2.15. The Morgan fingerprint density at radius 1 is 1.24 bits per heavy atom. The molecule has 0 aliphatic carbocycles. The van der Waals surface area contributed by atoms with E-state index in [1.54, 1.807) is 24.3 Å². The molecular weight excluding hydrogens is 408 g/mol. The summed E-state index contributed by atoms with van der Waals surface area (Å²) in [5.74, 6) is 0.152. The number of thiocarbonyl (C=S) groups is 1. The van der Waals surface area contributed by atoms with Crippen molar-refractivity contribution in [2.75, 3.05) is 43.6 Å². The molecule has 9 heteroatoms. The third-order valence-electron chi connectivity index (χ3n) is 4.55. The van der Waals surface area contributed by atoms with Crippen molar-refractivity contribution in [1.29, 1.82) is 0 Å². The second kappa shape index (κ2) is 8.73. The fraction of sp³-hybridized carbons (Fsp3) is 0.250. The van der Waals surface area contributed by atoms with Gasteiger partial charge in [0.1, 0.15) is 5.75 Å². The molecule has 1 aliphatic rings. The van der Waals surface area contributed by atoms with Crippen molar-refractivity contribution in [3.63, 3.8) is 0 Å². The Balaban J connectivity index is 1.44. The molecular formula is C20H20N4O3S2. The van der Waals surface area contributed by atoms with Gasteiger partial charge in [0.15, 0.2) is 10.2 Å². The summed E-state index contributed by atoms with van der Waals surface area (Å²) >= 11 is 6.78. The van der Waals surface area contributed by atoms with Gasteiger partial charge in [0, 0.05) is 18.8 Å². The molecule has 4 rings (SSSR count). The van der Waals surface area contributed by atoms with E-state index in [4.69, 9.17) is 21.7 Å². The number of ether oxygens (including phenoxy) is 2. The van der Waals surface area contributed by atoms with Gasteiger partial charge >= 0.3 is 0 Å². The fourth-order valence-electron chi connectivity index (χ4n) is 3.12. The quantitative estimate of drug-likeness (QED) is 0.618. The molecule has 0 bridgehead atoms. The number of nitrogens with zero attached hydrogens (tertiary/aromatic N) is 2. The molecule has 0 unspecified atom stereocenters. The SMILES string of the molecule is COc1ccccc1C(=O)NC(=S)Nc1nc2ccc(N3CCOCC3)cc2s1. The third-order valence-corrected chi connectivity index (χ3v) is 5.69. The van der Waals surface area contributed by atoms with Crippen LogP contribution in [-0.4, -0.2) is 49.4 Å². The van der Waals surface area contributed by atoms with Crippen LogP contribution in [0.1, 0.15) is 10.4 Å². The number of thiazole rings is 1. The molecule has 1 amide bonds. The molecule has 0 atom stereocenters. The number of morpholine rings is 1. The molecule has 1 saturated heterocycles. The van der Waals surface area contributed by atoms with E-state index in [1.807, 2.05) is 6.07 Å². The van der Waals surface area contributed by atoms with Crippen LogP contribution < -0.4 is 20.3 Å². The highest BCUT2D eigenvalue weighted by Crippen LogP contribution is 2.30. The van der Waals surface area contributed by atoms with Gasteiger partial charge < -0.3 is 19.7 Å². The summed E-state index contributed by atoms with van der Waals surface area (Å²) < 4.78 is 11.7. The van der Waals surface area contributed by atoms with Crippen molar-refractivity contribution in [2.45, 2.75) is 0 Å². The number of nitrogens with one attached hydrogen (secondary N) is 2. The van der Waals surface area contributed by atoms with E-state index in [2.05, 4.69) is 32.7 Å². The Labute approximate surface area is 177 Å². The predicted octanol–water partition coefficient (Wildman–Crippen LogP) is 3.27. The molecule has 3 aromatic rings. The van der Waals surface area contributed by atoms with Crippen molar-refractivity contribution in [3.8, 4) is 5.75 Å². The molecule has 29 heavy (non-hydrogen) atoms. The second-order valence-electron chi connectivity index (χ2n) is 6.38. The molecule has 1 aromatic heterocycles. The van der Waals surface area contributed by atoms with Crippen molar-refractivity contribution in [1.82, 2.24) is 10.3 Å². The lowest BCUT2D eigenvalue weighted by Crippen LogP contribution is -2.36. The average molecular weight is 429 g/mol. The molecule has 7 nitrogen and oxygen atoms in total. The Morgan fingerprint density at radius 2 is 2.03 bits per heavy atom. The van der Waals surface area contributed by atoms with Crippen molar-refractivity contribution >= 4 is 55.6 Å². The standard InChI is InChI=1S/C20H20N4O3S2/c1-26-16-5-3-2-4-14(16)18(25)22-19(28)23-20-21-15-7-6-13(12-17(15)29-20)24-8-10-27-11-9-24/h2-7,12H,8-11H2,1H3,(H2,21,22,23,25,28). The molecule has 1 fully saturated rings. The largest absolute Gasteiger partial charge is 0.496 e. The van der Waals surface area contributed by atoms with Gasteiger partial charge in [0.25, 0.3) is 5.91 Å². The van der Waals surface area contributed by atoms with E-state index in [0.717, 1.165) is 42.2 Å². The van der Waals surface area contributed by atoms with E-state index in [1.165, 1.54) is 18.4 Å². The first-order valence-electron chi connectivity index (χ1n) is 9.12. The van der Waals surface area contributed by atoms with Gasteiger partial charge in [0.2, 0.25) is 0 Å². The van der Waals surface area contributed by atoms with Crippen molar-refractivity contribution < 1.29 is 14.3 Å². The molecule has 0 saturated carbocycles. The lowest BCUT2D eigenvalue weighted by Gasteiger charge is -2.28. The molecule has 2 aromatic carbocycles. The minimum Gasteiger partial charge on any atom is -0.496 e. The number of fused-ring (bicyclic) bond motifs is 1. The summed E-state index contributed by atoms with van der Waals surface area (Å²) in [4.78, 5) is 19.3. The van der Waals surface area contributed by atoms with Gasteiger partial charge in [0.05, 0.1) is 36.1 Å². The van der Waals surface area contributed by atoms with Crippen LogP contribution in [0.5, 0.6) is 5.75 Å². The highest BCUT2D eigenvalue weighted by atomic mass is 32.1. The van der Waals surface area contributed by atoms with Gasteiger partial charge in [-0.3, -0.25) is 10.1 Å². The third kappa shape index (κ3) is 4.47. The number of benzene rings is 2. The summed E-state index contributed by atoms with van der Waals surface area (Å²) in [6.07, 6.45) is 0. The van der Waals surface area contributed by atoms with Crippen LogP contribution in [0.25, 0.3) is 10.2 Å². The van der Waals surface area contributed by atoms with Crippen LogP contribution in [0.15, 0.2) is 42.5 Å². The smallest absolute Gasteiger partial charge is 0.261 e.